The van der Waals surface area contributed by atoms with Gasteiger partial charge in [0.2, 0.25) is 0 Å². The molecule has 0 atom stereocenters. The Morgan fingerprint density at radius 2 is 0.732 bits per heavy atom. The zero-order chi connectivity index (χ0) is 37.0. The van der Waals surface area contributed by atoms with E-state index in [4.69, 9.17) is 9.97 Å². The summed E-state index contributed by atoms with van der Waals surface area (Å²) in [6.45, 7) is 0. The molecule has 4 heteroatoms. The van der Waals surface area contributed by atoms with Crippen molar-refractivity contribution in [3.8, 4) is 67.3 Å². The molecule has 0 aliphatic heterocycles. The zero-order valence-electron chi connectivity index (χ0n) is 30.2. The largest absolute Gasteiger partial charge is 0.228 e. The van der Waals surface area contributed by atoms with E-state index in [9.17, 15) is 0 Å². The molecule has 0 amide bonds. The van der Waals surface area contributed by atoms with Gasteiger partial charge in [0, 0.05) is 57.0 Å². The lowest BCUT2D eigenvalue weighted by Gasteiger charge is -2.14. The fourth-order valence-corrected chi connectivity index (χ4v) is 10.5. The van der Waals surface area contributed by atoms with Crippen molar-refractivity contribution < 1.29 is 0 Å². The molecule has 0 bridgehead atoms. The number of rotatable bonds is 6. The number of thiophene rings is 2. The molecule has 0 saturated carbocycles. The van der Waals surface area contributed by atoms with Gasteiger partial charge in [-0.15, -0.1) is 22.7 Å². The highest BCUT2D eigenvalue weighted by atomic mass is 32.1. The summed E-state index contributed by atoms with van der Waals surface area (Å²) in [5, 5.41) is 5.19. The van der Waals surface area contributed by atoms with Gasteiger partial charge in [0.05, 0.1) is 11.4 Å². The summed E-state index contributed by atoms with van der Waals surface area (Å²) in [5.74, 6) is 0.702. The van der Waals surface area contributed by atoms with E-state index >= 15 is 0 Å². The molecule has 0 spiro atoms. The molecular formula is C52H32N2S2. The third kappa shape index (κ3) is 5.70. The fourth-order valence-electron chi connectivity index (χ4n) is 7.98. The number of fused-ring (bicyclic) bond motifs is 6. The monoisotopic (exact) mass is 748 g/mol. The summed E-state index contributed by atoms with van der Waals surface area (Å²) < 4.78 is 5.20. The van der Waals surface area contributed by atoms with Gasteiger partial charge in [-0.3, -0.25) is 0 Å². The molecule has 2 nitrogen and oxygen atoms in total. The predicted octanol–water partition coefficient (Wildman–Crippen LogP) is 15.2. The Kier molecular flexibility index (Phi) is 7.90. The molecule has 0 radical (unpaired) electrons. The van der Waals surface area contributed by atoms with Crippen LogP contribution < -0.4 is 0 Å². The first-order valence-corrected chi connectivity index (χ1v) is 20.4. The van der Waals surface area contributed by atoms with Crippen molar-refractivity contribution in [2.24, 2.45) is 0 Å². The second-order valence-electron chi connectivity index (χ2n) is 14.1. The van der Waals surface area contributed by atoms with Crippen LogP contribution in [0.3, 0.4) is 0 Å². The van der Waals surface area contributed by atoms with Crippen LogP contribution in [0.4, 0.5) is 0 Å². The summed E-state index contributed by atoms with van der Waals surface area (Å²) in [4.78, 5) is 10.6. The van der Waals surface area contributed by atoms with Crippen LogP contribution in [0.25, 0.3) is 108 Å². The van der Waals surface area contributed by atoms with E-state index in [-0.39, 0.29) is 0 Å². The Bertz CT molecular complexity index is 3250. The quantitative estimate of drug-likeness (QED) is 0.169. The van der Waals surface area contributed by atoms with E-state index in [2.05, 4.69) is 188 Å². The molecule has 0 aliphatic carbocycles. The van der Waals surface area contributed by atoms with Crippen LogP contribution in [0.2, 0.25) is 0 Å². The number of nitrogens with zero attached hydrogens (tertiary/aromatic N) is 2. The number of aromatic nitrogens is 2. The summed E-state index contributed by atoms with van der Waals surface area (Å²) in [6.07, 6.45) is 0. The third-order valence-corrected chi connectivity index (χ3v) is 13.1. The summed E-state index contributed by atoms with van der Waals surface area (Å²) in [7, 11) is 0. The Balaban J connectivity index is 1.11. The van der Waals surface area contributed by atoms with Crippen LogP contribution >= 0.6 is 22.7 Å². The zero-order valence-corrected chi connectivity index (χ0v) is 31.8. The highest BCUT2D eigenvalue weighted by Crippen LogP contribution is 2.43. The van der Waals surface area contributed by atoms with Gasteiger partial charge in [0.25, 0.3) is 0 Å². The first-order chi connectivity index (χ1) is 27.7. The first kappa shape index (κ1) is 32.7. The van der Waals surface area contributed by atoms with E-state index in [1.165, 1.54) is 68.2 Å². The fraction of sp³-hybridized carbons (Fsp3) is 0. The second-order valence-corrected chi connectivity index (χ2v) is 16.2. The van der Waals surface area contributed by atoms with Crippen molar-refractivity contribution in [1.29, 1.82) is 0 Å². The average molecular weight is 749 g/mol. The molecule has 0 unspecified atom stereocenters. The highest BCUT2D eigenvalue weighted by Gasteiger charge is 2.17. The topological polar surface area (TPSA) is 25.8 Å². The van der Waals surface area contributed by atoms with E-state index in [1.54, 1.807) is 0 Å². The van der Waals surface area contributed by atoms with Crippen molar-refractivity contribution in [2.75, 3.05) is 0 Å². The molecule has 56 heavy (non-hydrogen) atoms. The van der Waals surface area contributed by atoms with E-state index < -0.39 is 0 Å². The van der Waals surface area contributed by atoms with Crippen molar-refractivity contribution in [2.45, 2.75) is 0 Å². The average Bonchev–Trinajstić information content (AvgIpc) is 3.86. The molecule has 3 aromatic heterocycles. The van der Waals surface area contributed by atoms with E-state index in [0.717, 1.165) is 33.6 Å². The Morgan fingerprint density at radius 1 is 0.286 bits per heavy atom. The van der Waals surface area contributed by atoms with Gasteiger partial charge in [-0.05, 0) is 75.8 Å². The molecule has 0 N–H and O–H groups in total. The van der Waals surface area contributed by atoms with Crippen molar-refractivity contribution in [3.63, 3.8) is 0 Å². The summed E-state index contributed by atoms with van der Waals surface area (Å²) in [5.41, 5.74) is 12.0. The van der Waals surface area contributed by atoms with Gasteiger partial charge in [0.1, 0.15) is 0 Å². The van der Waals surface area contributed by atoms with Crippen LogP contribution in [0.1, 0.15) is 0 Å². The minimum absolute atomic E-state index is 0.702. The maximum Gasteiger partial charge on any atom is 0.160 e. The molecule has 0 saturated heterocycles. The molecule has 11 aromatic rings. The molecule has 0 aliphatic rings. The van der Waals surface area contributed by atoms with Gasteiger partial charge < -0.3 is 0 Å². The van der Waals surface area contributed by atoms with Crippen LogP contribution in [-0.2, 0) is 0 Å². The highest BCUT2D eigenvalue weighted by molar-refractivity contribution is 7.26. The molecule has 8 aromatic carbocycles. The number of hydrogen-bond acceptors (Lipinski definition) is 4. The molecular weight excluding hydrogens is 717 g/mol. The molecule has 262 valence electrons. The standard InChI is InChI=1S/C52H32N2S2/c1-3-14-33(15-4-1)37-29-38(41-23-13-25-45-43-21-8-10-27-49(43)56-51(41)45)31-39(30-37)47-32-46(53-52(54-47)34-16-5-2-6-17-34)36-19-11-18-35(28-36)40-22-12-24-44-42-20-7-9-26-48(42)55-50(40)44/h1-32H. The minimum Gasteiger partial charge on any atom is -0.228 e. The Morgan fingerprint density at radius 3 is 1.39 bits per heavy atom. The van der Waals surface area contributed by atoms with Gasteiger partial charge in [-0.1, -0.05) is 152 Å². The summed E-state index contributed by atoms with van der Waals surface area (Å²) in [6, 6.07) is 69.7. The van der Waals surface area contributed by atoms with Crippen LogP contribution in [0.5, 0.6) is 0 Å². The second kappa shape index (κ2) is 13.5. The van der Waals surface area contributed by atoms with Gasteiger partial charge in [-0.25, -0.2) is 9.97 Å². The lowest BCUT2D eigenvalue weighted by atomic mass is 9.93. The lowest BCUT2D eigenvalue weighted by molar-refractivity contribution is 1.18. The predicted molar refractivity (Wildman–Crippen MR) is 240 cm³/mol. The van der Waals surface area contributed by atoms with Crippen molar-refractivity contribution in [1.82, 2.24) is 9.97 Å². The number of hydrogen-bond donors (Lipinski definition) is 0. The Hall–Kier alpha value is -6.72. The van der Waals surface area contributed by atoms with Gasteiger partial charge >= 0.3 is 0 Å². The molecule has 0 fully saturated rings. The molecule has 11 rings (SSSR count). The number of benzene rings is 8. The maximum atomic E-state index is 5.31. The van der Waals surface area contributed by atoms with Crippen LogP contribution in [0, 0.1) is 0 Å². The lowest BCUT2D eigenvalue weighted by Crippen LogP contribution is -1.97. The molecule has 3 heterocycles. The Labute approximate surface area is 332 Å². The van der Waals surface area contributed by atoms with Crippen LogP contribution in [-0.4, -0.2) is 9.97 Å². The van der Waals surface area contributed by atoms with Crippen molar-refractivity contribution >= 4 is 63.0 Å². The van der Waals surface area contributed by atoms with E-state index in [0.29, 0.717) is 5.82 Å². The van der Waals surface area contributed by atoms with Gasteiger partial charge in [-0.2, -0.15) is 0 Å². The first-order valence-electron chi connectivity index (χ1n) is 18.8. The van der Waals surface area contributed by atoms with Crippen LogP contribution in [0.15, 0.2) is 194 Å². The maximum absolute atomic E-state index is 5.31. The summed E-state index contributed by atoms with van der Waals surface area (Å²) >= 11 is 3.72. The SMILES string of the molecule is c1ccc(-c2cc(-c3cc(-c4cccc(-c5cccc6c5sc5ccccc56)c4)nc(-c4ccccc4)n3)cc(-c3cccc4c3sc3ccccc34)c2)cc1. The smallest absolute Gasteiger partial charge is 0.160 e. The van der Waals surface area contributed by atoms with Crippen molar-refractivity contribution in [3.05, 3.63) is 194 Å². The third-order valence-electron chi connectivity index (χ3n) is 10.7. The minimum atomic E-state index is 0.702. The van der Waals surface area contributed by atoms with E-state index in [1.807, 2.05) is 28.7 Å². The normalized spacial score (nSPS) is 11.6. The van der Waals surface area contributed by atoms with Gasteiger partial charge in [0.15, 0.2) is 5.82 Å².